The third-order valence-corrected chi connectivity index (χ3v) is 3.65. The average Bonchev–Trinajstić information content (AvgIpc) is 2.76. The number of aliphatic hydroxyl groups is 1. The highest BCUT2D eigenvalue weighted by atomic mass is 79.9. The van der Waals surface area contributed by atoms with Gasteiger partial charge in [0.05, 0.1) is 15.6 Å². The Bertz CT molecular complexity index is 543. The van der Waals surface area contributed by atoms with Crippen molar-refractivity contribution >= 4 is 39.1 Å². The predicted molar refractivity (Wildman–Crippen MR) is 77.1 cm³/mol. The van der Waals surface area contributed by atoms with E-state index in [1.54, 1.807) is 24.3 Å². The summed E-state index contributed by atoms with van der Waals surface area (Å²) < 4.78 is 6.40. The van der Waals surface area contributed by atoms with Gasteiger partial charge in [0.25, 0.3) is 0 Å². The van der Waals surface area contributed by atoms with Gasteiger partial charge in [-0.3, -0.25) is 0 Å². The molecule has 1 aromatic carbocycles. The summed E-state index contributed by atoms with van der Waals surface area (Å²) in [5, 5.41) is 10.7. The second-order valence-corrected chi connectivity index (χ2v) is 5.60. The number of hydrogen-bond donors (Lipinski definition) is 1. The molecule has 96 valence electrons. The lowest BCUT2D eigenvalue weighted by Crippen LogP contribution is -1.91. The Morgan fingerprint density at radius 3 is 2.44 bits per heavy atom. The van der Waals surface area contributed by atoms with Crippen LogP contribution in [-0.2, 0) is 0 Å². The van der Waals surface area contributed by atoms with Gasteiger partial charge in [0.1, 0.15) is 17.6 Å². The van der Waals surface area contributed by atoms with E-state index in [1.165, 1.54) is 0 Å². The summed E-state index contributed by atoms with van der Waals surface area (Å²) in [5.74, 6) is 1.07. The first-order valence-corrected chi connectivity index (χ1v) is 7.00. The summed E-state index contributed by atoms with van der Waals surface area (Å²) in [6.07, 6.45) is -0.0128. The van der Waals surface area contributed by atoms with Gasteiger partial charge < -0.3 is 9.52 Å². The highest BCUT2D eigenvalue weighted by Crippen LogP contribution is 2.38. The Balaban J connectivity index is 2.46. The van der Waals surface area contributed by atoms with Gasteiger partial charge in [-0.15, -0.1) is 0 Å². The summed E-state index contributed by atoms with van der Waals surface area (Å²) in [7, 11) is 0. The molecule has 0 spiro atoms. The molecule has 0 fully saturated rings. The Labute approximate surface area is 124 Å². The van der Waals surface area contributed by atoms with E-state index in [-0.39, 0.29) is 0 Å². The molecular weight excluding hydrogens is 339 g/mol. The van der Waals surface area contributed by atoms with Crippen molar-refractivity contribution in [2.75, 3.05) is 0 Å². The second kappa shape index (κ2) is 5.66. The molecule has 0 aliphatic carbocycles. The zero-order valence-corrected chi connectivity index (χ0v) is 12.7. The van der Waals surface area contributed by atoms with Crippen molar-refractivity contribution in [3.63, 3.8) is 0 Å². The molecule has 0 amide bonds. The number of hydrogen-bond acceptors (Lipinski definition) is 2. The minimum absolute atomic E-state index is 0.501. The molecular formula is C13H11BrCl2O2. The van der Waals surface area contributed by atoms with E-state index in [1.807, 2.05) is 6.92 Å². The highest BCUT2D eigenvalue weighted by Gasteiger charge is 2.16. The average molecular weight is 350 g/mol. The maximum absolute atomic E-state index is 9.70. The number of furan rings is 1. The molecule has 0 radical (unpaired) electrons. The van der Waals surface area contributed by atoms with Crippen molar-refractivity contribution in [3.8, 4) is 11.3 Å². The van der Waals surface area contributed by atoms with Crippen LogP contribution in [0.2, 0.25) is 10.0 Å². The topological polar surface area (TPSA) is 33.4 Å². The first kappa shape index (κ1) is 13.9. The van der Waals surface area contributed by atoms with Crippen molar-refractivity contribution < 1.29 is 9.52 Å². The van der Waals surface area contributed by atoms with Gasteiger partial charge in [0.2, 0.25) is 0 Å². The minimum atomic E-state index is -0.605. The van der Waals surface area contributed by atoms with Crippen LogP contribution in [0.15, 0.2) is 33.2 Å². The number of aliphatic hydroxyl groups excluding tert-OH is 1. The molecule has 1 aromatic heterocycles. The summed E-state index contributed by atoms with van der Waals surface area (Å²) in [4.78, 5) is 0. The Kier molecular flexibility index (Phi) is 4.38. The normalized spacial score (nSPS) is 12.7. The van der Waals surface area contributed by atoms with Crippen LogP contribution in [0.25, 0.3) is 11.3 Å². The number of benzene rings is 1. The predicted octanol–water partition coefficient (Wildman–Crippen LogP) is 5.46. The SMILES string of the molecule is CCC(O)c1ccc(-c2c(Cl)cc(Br)cc2Cl)o1. The monoisotopic (exact) mass is 348 g/mol. The molecule has 2 rings (SSSR count). The fourth-order valence-corrected chi connectivity index (χ4v) is 3.04. The van der Waals surface area contributed by atoms with Crippen LogP contribution in [0.4, 0.5) is 0 Å². The Morgan fingerprint density at radius 2 is 1.89 bits per heavy atom. The molecule has 0 aliphatic heterocycles. The summed E-state index contributed by atoms with van der Waals surface area (Å²) in [5.41, 5.74) is 0.635. The molecule has 1 atom stereocenters. The van der Waals surface area contributed by atoms with Crippen LogP contribution < -0.4 is 0 Å². The third kappa shape index (κ3) is 2.75. The quantitative estimate of drug-likeness (QED) is 0.798. The lowest BCUT2D eigenvalue weighted by molar-refractivity contribution is 0.147. The number of rotatable bonds is 3. The highest BCUT2D eigenvalue weighted by molar-refractivity contribution is 9.10. The van der Waals surface area contributed by atoms with E-state index in [4.69, 9.17) is 27.6 Å². The fraction of sp³-hybridized carbons (Fsp3) is 0.231. The summed E-state index contributed by atoms with van der Waals surface area (Å²) in [6, 6.07) is 7.00. The van der Waals surface area contributed by atoms with Crippen LogP contribution in [0.5, 0.6) is 0 Å². The minimum Gasteiger partial charge on any atom is -0.458 e. The van der Waals surface area contributed by atoms with Gasteiger partial charge in [0, 0.05) is 4.47 Å². The first-order valence-electron chi connectivity index (χ1n) is 5.45. The lowest BCUT2D eigenvalue weighted by Gasteiger charge is -2.06. The molecule has 1 heterocycles. The zero-order chi connectivity index (χ0) is 13.3. The Hall–Kier alpha value is -0.480. The van der Waals surface area contributed by atoms with Crippen LogP contribution in [0.3, 0.4) is 0 Å². The molecule has 0 saturated carbocycles. The molecule has 1 N–H and O–H groups in total. The zero-order valence-electron chi connectivity index (χ0n) is 9.58. The van der Waals surface area contributed by atoms with Crippen LogP contribution in [0, 0.1) is 0 Å². The van der Waals surface area contributed by atoms with Gasteiger partial charge in [-0.05, 0) is 30.7 Å². The Morgan fingerprint density at radius 1 is 1.28 bits per heavy atom. The second-order valence-electron chi connectivity index (χ2n) is 3.87. The van der Waals surface area contributed by atoms with Crippen molar-refractivity contribution in [1.82, 2.24) is 0 Å². The fourth-order valence-electron chi connectivity index (χ4n) is 1.65. The van der Waals surface area contributed by atoms with E-state index in [2.05, 4.69) is 15.9 Å². The first-order chi connectivity index (χ1) is 8.52. The van der Waals surface area contributed by atoms with Crippen molar-refractivity contribution in [2.45, 2.75) is 19.4 Å². The van der Waals surface area contributed by atoms with Gasteiger partial charge >= 0.3 is 0 Å². The van der Waals surface area contributed by atoms with E-state index in [9.17, 15) is 5.11 Å². The molecule has 0 saturated heterocycles. The smallest absolute Gasteiger partial charge is 0.137 e. The van der Waals surface area contributed by atoms with E-state index >= 15 is 0 Å². The maximum atomic E-state index is 9.70. The molecule has 2 aromatic rings. The van der Waals surface area contributed by atoms with E-state index < -0.39 is 6.10 Å². The standard InChI is InChI=1S/C13H11BrCl2O2/c1-2-10(17)11-3-4-12(18-11)13-8(15)5-7(14)6-9(13)16/h3-6,10,17H,2H2,1H3. The largest absolute Gasteiger partial charge is 0.458 e. The maximum Gasteiger partial charge on any atom is 0.137 e. The van der Waals surface area contributed by atoms with Crippen LogP contribution in [-0.4, -0.2) is 5.11 Å². The molecule has 5 heteroatoms. The van der Waals surface area contributed by atoms with Crippen LogP contribution >= 0.6 is 39.1 Å². The molecule has 2 nitrogen and oxygen atoms in total. The van der Waals surface area contributed by atoms with Crippen molar-refractivity contribution in [3.05, 3.63) is 44.5 Å². The van der Waals surface area contributed by atoms with E-state index in [0.717, 1.165) is 4.47 Å². The van der Waals surface area contributed by atoms with Gasteiger partial charge in [-0.1, -0.05) is 46.1 Å². The summed E-state index contributed by atoms with van der Waals surface area (Å²) >= 11 is 15.6. The van der Waals surface area contributed by atoms with Gasteiger partial charge in [-0.25, -0.2) is 0 Å². The van der Waals surface area contributed by atoms with Crippen LogP contribution in [0.1, 0.15) is 25.2 Å². The number of halogens is 3. The van der Waals surface area contributed by atoms with Crippen molar-refractivity contribution in [2.24, 2.45) is 0 Å². The third-order valence-electron chi connectivity index (χ3n) is 2.60. The lowest BCUT2D eigenvalue weighted by atomic mass is 10.2. The molecule has 0 aliphatic rings. The molecule has 0 bridgehead atoms. The van der Waals surface area contributed by atoms with Gasteiger partial charge in [0.15, 0.2) is 0 Å². The van der Waals surface area contributed by atoms with Crippen molar-refractivity contribution in [1.29, 1.82) is 0 Å². The molecule has 18 heavy (non-hydrogen) atoms. The van der Waals surface area contributed by atoms with E-state index in [0.29, 0.717) is 33.6 Å². The summed E-state index contributed by atoms with van der Waals surface area (Å²) in [6.45, 7) is 1.88. The molecule has 1 unspecified atom stereocenters. The van der Waals surface area contributed by atoms with Gasteiger partial charge in [-0.2, -0.15) is 0 Å².